The van der Waals surface area contributed by atoms with Crippen molar-refractivity contribution in [1.82, 2.24) is 19.0 Å². The Labute approximate surface area is 200 Å². The lowest BCUT2D eigenvalue weighted by atomic mass is 10.1. The molecule has 0 aliphatic carbocycles. The zero-order valence-corrected chi connectivity index (χ0v) is 19.4. The Kier molecular flexibility index (Phi) is 5.91. The molecule has 35 heavy (non-hydrogen) atoms. The predicted octanol–water partition coefficient (Wildman–Crippen LogP) is 2.67. The van der Waals surface area contributed by atoms with Crippen LogP contribution in [0, 0.1) is 5.82 Å². The van der Waals surface area contributed by atoms with Gasteiger partial charge in [0, 0.05) is 31.6 Å². The van der Waals surface area contributed by atoms with E-state index in [9.17, 15) is 22.4 Å². The number of nitrogens with zero attached hydrogens (tertiary/aromatic N) is 4. The number of carbonyl (C=O) groups is 1. The average Bonchev–Trinajstić information content (AvgIpc) is 2.89. The molecule has 3 aromatic carbocycles. The maximum Gasteiger partial charge on any atom is 0.279 e. The first-order valence-corrected chi connectivity index (χ1v) is 12.4. The number of sulfonamides is 1. The van der Waals surface area contributed by atoms with E-state index < -0.39 is 21.7 Å². The van der Waals surface area contributed by atoms with Crippen molar-refractivity contribution >= 4 is 26.7 Å². The highest BCUT2D eigenvalue weighted by Crippen LogP contribution is 2.22. The second kappa shape index (κ2) is 9.05. The number of aromatic nitrogens is 2. The van der Waals surface area contributed by atoms with Gasteiger partial charge >= 0.3 is 0 Å². The number of amides is 1. The van der Waals surface area contributed by atoms with Gasteiger partial charge < -0.3 is 4.90 Å². The van der Waals surface area contributed by atoms with Gasteiger partial charge in [-0.1, -0.05) is 48.5 Å². The van der Waals surface area contributed by atoms with Crippen LogP contribution in [0.5, 0.6) is 0 Å². The van der Waals surface area contributed by atoms with Crippen molar-refractivity contribution in [3.63, 3.8) is 0 Å². The lowest BCUT2D eigenvalue weighted by molar-refractivity contribution is 0.0692. The minimum Gasteiger partial charge on any atom is -0.335 e. The molecule has 178 valence electrons. The van der Waals surface area contributed by atoms with Crippen molar-refractivity contribution in [2.75, 3.05) is 26.2 Å². The maximum atomic E-state index is 14.1. The largest absolute Gasteiger partial charge is 0.335 e. The van der Waals surface area contributed by atoms with Crippen molar-refractivity contribution in [1.29, 1.82) is 0 Å². The molecule has 0 radical (unpaired) electrons. The van der Waals surface area contributed by atoms with Gasteiger partial charge in [0.2, 0.25) is 10.0 Å². The Morgan fingerprint density at radius 2 is 1.40 bits per heavy atom. The van der Waals surface area contributed by atoms with Crippen molar-refractivity contribution in [2.24, 2.45) is 0 Å². The summed E-state index contributed by atoms with van der Waals surface area (Å²) in [5, 5.41) is 5.19. The molecule has 1 aromatic heterocycles. The molecule has 5 rings (SSSR count). The van der Waals surface area contributed by atoms with Crippen LogP contribution in [0.1, 0.15) is 10.5 Å². The van der Waals surface area contributed by atoms with Crippen LogP contribution in [0.15, 0.2) is 88.6 Å². The Morgan fingerprint density at radius 3 is 2.09 bits per heavy atom. The van der Waals surface area contributed by atoms with Crippen LogP contribution in [-0.2, 0) is 10.0 Å². The average molecular weight is 493 g/mol. The Bertz CT molecular complexity index is 1580. The number of fused-ring (bicyclic) bond motifs is 1. The lowest BCUT2D eigenvalue weighted by Crippen LogP contribution is -2.51. The molecule has 10 heteroatoms. The van der Waals surface area contributed by atoms with Crippen LogP contribution < -0.4 is 5.56 Å². The molecule has 2 heterocycles. The smallest absolute Gasteiger partial charge is 0.279 e. The number of halogens is 1. The summed E-state index contributed by atoms with van der Waals surface area (Å²) in [4.78, 5) is 27.7. The second-order valence-electron chi connectivity index (χ2n) is 8.07. The summed E-state index contributed by atoms with van der Waals surface area (Å²) in [6, 6.07) is 20.8. The van der Waals surface area contributed by atoms with Crippen molar-refractivity contribution in [3.8, 4) is 5.69 Å². The highest BCUT2D eigenvalue weighted by atomic mass is 32.2. The molecule has 0 unspecified atom stereocenters. The number of hydrogen-bond donors (Lipinski definition) is 0. The third kappa shape index (κ3) is 4.11. The molecule has 1 amide bonds. The standard InChI is InChI=1S/C25H21FN4O4S/c26-21-12-6-7-13-22(21)35(33,34)29-16-14-28(15-17-29)25(32)23-19-10-4-5-11-20(19)24(31)30(27-23)18-8-2-1-3-9-18/h1-13H,14-17H2. The molecule has 0 atom stereocenters. The first kappa shape index (κ1) is 22.9. The van der Waals surface area contributed by atoms with Gasteiger partial charge in [0.1, 0.15) is 10.7 Å². The number of hydrogen-bond acceptors (Lipinski definition) is 5. The predicted molar refractivity (Wildman–Crippen MR) is 128 cm³/mol. The molecule has 8 nitrogen and oxygen atoms in total. The van der Waals surface area contributed by atoms with Crippen LogP contribution in [0.4, 0.5) is 4.39 Å². The Hall–Kier alpha value is -3.89. The molecule has 1 fully saturated rings. The topological polar surface area (TPSA) is 92.6 Å². The minimum absolute atomic E-state index is 0.0126. The Morgan fingerprint density at radius 1 is 0.800 bits per heavy atom. The Balaban J connectivity index is 1.46. The van der Waals surface area contributed by atoms with Crippen LogP contribution in [-0.4, -0.2) is 59.5 Å². The third-order valence-corrected chi connectivity index (χ3v) is 7.92. The normalized spacial score (nSPS) is 14.8. The molecule has 1 aliphatic heterocycles. The quantitative estimate of drug-likeness (QED) is 0.437. The van der Waals surface area contributed by atoms with Gasteiger partial charge in [-0.3, -0.25) is 9.59 Å². The summed E-state index contributed by atoms with van der Waals surface area (Å²) < 4.78 is 42.3. The molecule has 1 aliphatic rings. The number of benzene rings is 3. The summed E-state index contributed by atoms with van der Waals surface area (Å²) in [5.74, 6) is -1.22. The van der Waals surface area contributed by atoms with Gasteiger partial charge in [-0.25, -0.2) is 12.8 Å². The SMILES string of the molecule is O=C(c1nn(-c2ccccc2)c(=O)c2ccccc12)N1CCN(S(=O)(=O)c2ccccc2F)CC1. The summed E-state index contributed by atoms with van der Waals surface area (Å²) >= 11 is 0. The summed E-state index contributed by atoms with van der Waals surface area (Å²) in [7, 11) is -4.03. The molecular weight excluding hydrogens is 471 g/mol. The first-order valence-electron chi connectivity index (χ1n) is 11.0. The van der Waals surface area contributed by atoms with E-state index in [1.54, 1.807) is 48.5 Å². The second-order valence-corrected chi connectivity index (χ2v) is 9.98. The van der Waals surface area contributed by atoms with Crippen LogP contribution >= 0.6 is 0 Å². The molecule has 0 N–H and O–H groups in total. The van der Waals surface area contributed by atoms with E-state index in [2.05, 4.69) is 5.10 Å². The van der Waals surface area contributed by atoms with Crippen molar-refractivity contribution in [3.05, 3.63) is 101 Å². The molecule has 0 saturated carbocycles. The number of carbonyl (C=O) groups excluding carboxylic acids is 1. The zero-order valence-electron chi connectivity index (χ0n) is 18.5. The fourth-order valence-corrected chi connectivity index (χ4v) is 5.65. The van der Waals surface area contributed by atoms with Gasteiger partial charge in [0.15, 0.2) is 5.69 Å². The molecule has 0 spiro atoms. The number of rotatable bonds is 4. The molecule has 1 saturated heterocycles. The van der Waals surface area contributed by atoms with Crippen molar-refractivity contribution < 1.29 is 17.6 Å². The third-order valence-electron chi connectivity index (χ3n) is 5.99. The van der Waals surface area contributed by atoms with E-state index in [1.165, 1.54) is 32.1 Å². The highest BCUT2D eigenvalue weighted by Gasteiger charge is 2.33. The fraction of sp³-hybridized carbons (Fsp3) is 0.160. The highest BCUT2D eigenvalue weighted by molar-refractivity contribution is 7.89. The van der Waals surface area contributed by atoms with Gasteiger partial charge in [-0.15, -0.1) is 0 Å². The van der Waals surface area contributed by atoms with E-state index in [0.717, 1.165) is 6.07 Å². The molecule has 0 bridgehead atoms. The monoisotopic (exact) mass is 492 g/mol. The van der Waals surface area contributed by atoms with Gasteiger partial charge in [-0.2, -0.15) is 14.1 Å². The summed E-state index contributed by atoms with van der Waals surface area (Å²) in [6.07, 6.45) is 0. The van der Waals surface area contributed by atoms with Crippen molar-refractivity contribution in [2.45, 2.75) is 4.90 Å². The lowest BCUT2D eigenvalue weighted by Gasteiger charge is -2.34. The fourth-order valence-electron chi connectivity index (χ4n) is 4.17. The van der Waals surface area contributed by atoms with Crippen LogP contribution in [0.2, 0.25) is 0 Å². The zero-order chi connectivity index (χ0) is 24.6. The van der Waals surface area contributed by atoms with Crippen LogP contribution in [0.3, 0.4) is 0 Å². The maximum absolute atomic E-state index is 14.1. The molecule has 4 aromatic rings. The minimum atomic E-state index is -4.03. The molecular formula is C25H21FN4O4S. The van der Waals surface area contributed by atoms with Gasteiger partial charge in [0.25, 0.3) is 11.5 Å². The van der Waals surface area contributed by atoms with E-state index in [4.69, 9.17) is 0 Å². The van der Waals surface area contributed by atoms with E-state index in [-0.39, 0.29) is 42.3 Å². The summed E-state index contributed by atoms with van der Waals surface area (Å²) in [6.45, 7) is 0.233. The van der Waals surface area contributed by atoms with E-state index in [0.29, 0.717) is 16.5 Å². The van der Waals surface area contributed by atoms with E-state index in [1.807, 2.05) is 6.07 Å². The first-order chi connectivity index (χ1) is 16.9. The van der Waals surface area contributed by atoms with Crippen LogP contribution in [0.25, 0.3) is 16.5 Å². The van der Waals surface area contributed by atoms with E-state index >= 15 is 0 Å². The number of piperazine rings is 1. The van der Waals surface area contributed by atoms with Gasteiger partial charge in [0.05, 0.1) is 11.1 Å². The summed E-state index contributed by atoms with van der Waals surface area (Å²) in [5.41, 5.74) is 0.289. The van der Waals surface area contributed by atoms with Gasteiger partial charge in [-0.05, 0) is 30.3 Å². The number of para-hydroxylation sites is 1.